The SMILES string of the molecule is Cc1ccccc1C1=N/C(=C/c2ccccc2)C(=O)N1. The molecule has 1 aliphatic heterocycles. The Morgan fingerprint density at radius 1 is 1.00 bits per heavy atom. The maximum absolute atomic E-state index is 12.0. The van der Waals surface area contributed by atoms with Crippen LogP contribution in [0, 0.1) is 6.92 Å². The molecule has 98 valence electrons. The summed E-state index contributed by atoms with van der Waals surface area (Å²) >= 11 is 0. The third-order valence-corrected chi connectivity index (χ3v) is 3.20. The fourth-order valence-electron chi connectivity index (χ4n) is 2.14. The van der Waals surface area contributed by atoms with Gasteiger partial charge in [0.25, 0.3) is 5.91 Å². The number of rotatable bonds is 2. The quantitative estimate of drug-likeness (QED) is 0.831. The smallest absolute Gasteiger partial charge is 0.275 e. The van der Waals surface area contributed by atoms with Crippen molar-refractivity contribution in [2.24, 2.45) is 4.99 Å². The molecule has 20 heavy (non-hydrogen) atoms. The number of hydrogen-bond acceptors (Lipinski definition) is 2. The van der Waals surface area contributed by atoms with Crippen LogP contribution in [0.1, 0.15) is 16.7 Å². The van der Waals surface area contributed by atoms with Crippen molar-refractivity contribution in [3.63, 3.8) is 0 Å². The number of carbonyl (C=O) groups excluding carboxylic acids is 1. The van der Waals surface area contributed by atoms with E-state index in [2.05, 4.69) is 10.3 Å². The van der Waals surface area contributed by atoms with Gasteiger partial charge in [0.1, 0.15) is 11.5 Å². The third-order valence-electron chi connectivity index (χ3n) is 3.20. The number of nitrogens with zero attached hydrogens (tertiary/aromatic N) is 1. The van der Waals surface area contributed by atoms with Gasteiger partial charge >= 0.3 is 0 Å². The number of aliphatic imine (C=N–C) groups is 1. The van der Waals surface area contributed by atoms with Gasteiger partial charge in [-0.25, -0.2) is 4.99 Å². The number of benzene rings is 2. The molecule has 0 saturated heterocycles. The molecule has 0 aromatic heterocycles. The van der Waals surface area contributed by atoms with Crippen LogP contribution in [0.25, 0.3) is 6.08 Å². The molecule has 0 spiro atoms. The van der Waals surface area contributed by atoms with Gasteiger partial charge in [-0.1, -0.05) is 54.6 Å². The zero-order chi connectivity index (χ0) is 13.9. The molecular formula is C17H14N2O. The van der Waals surface area contributed by atoms with E-state index in [9.17, 15) is 4.79 Å². The lowest BCUT2D eigenvalue weighted by Crippen LogP contribution is -2.25. The first-order chi connectivity index (χ1) is 9.74. The number of aryl methyl sites for hydroxylation is 1. The minimum atomic E-state index is -0.160. The van der Waals surface area contributed by atoms with E-state index in [-0.39, 0.29) is 5.91 Å². The molecular weight excluding hydrogens is 248 g/mol. The van der Waals surface area contributed by atoms with E-state index in [1.165, 1.54) is 0 Å². The normalized spacial score (nSPS) is 16.1. The summed E-state index contributed by atoms with van der Waals surface area (Å²) in [7, 11) is 0. The van der Waals surface area contributed by atoms with Crippen molar-refractivity contribution in [1.29, 1.82) is 0 Å². The molecule has 0 atom stereocenters. The molecule has 0 bridgehead atoms. The number of hydrogen-bond donors (Lipinski definition) is 1. The molecule has 3 nitrogen and oxygen atoms in total. The van der Waals surface area contributed by atoms with E-state index in [0.717, 1.165) is 16.7 Å². The first-order valence-corrected chi connectivity index (χ1v) is 6.47. The largest absolute Gasteiger partial charge is 0.305 e. The summed E-state index contributed by atoms with van der Waals surface area (Å²) in [5, 5.41) is 2.82. The highest BCUT2D eigenvalue weighted by Crippen LogP contribution is 2.16. The second-order valence-corrected chi connectivity index (χ2v) is 4.67. The van der Waals surface area contributed by atoms with E-state index in [0.29, 0.717) is 11.5 Å². The van der Waals surface area contributed by atoms with Crippen LogP contribution in [0.3, 0.4) is 0 Å². The van der Waals surface area contributed by atoms with Gasteiger partial charge in [-0.15, -0.1) is 0 Å². The molecule has 1 amide bonds. The Kier molecular flexibility index (Phi) is 3.17. The maximum atomic E-state index is 12.0. The summed E-state index contributed by atoms with van der Waals surface area (Å²) in [5.74, 6) is 0.461. The summed E-state index contributed by atoms with van der Waals surface area (Å²) in [4.78, 5) is 16.4. The summed E-state index contributed by atoms with van der Waals surface area (Å²) in [5.41, 5.74) is 3.45. The van der Waals surface area contributed by atoms with Crippen molar-refractivity contribution < 1.29 is 4.79 Å². The fraction of sp³-hybridized carbons (Fsp3) is 0.0588. The highest BCUT2D eigenvalue weighted by atomic mass is 16.2. The van der Waals surface area contributed by atoms with Gasteiger partial charge in [-0.2, -0.15) is 0 Å². The first-order valence-electron chi connectivity index (χ1n) is 6.47. The van der Waals surface area contributed by atoms with E-state index in [4.69, 9.17) is 0 Å². The van der Waals surface area contributed by atoms with Crippen LogP contribution in [0.5, 0.6) is 0 Å². The Balaban J connectivity index is 1.98. The monoisotopic (exact) mass is 262 g/mol. The number of amidine groups is 1. The number of carbonyl (C=O) groups is 1. The highest BCUT2D eigenvalue weighted by Gasteiger charge is 2.21. The fourth-order valence-corrected chi connectivity index (χ4v) is 2.14. The Hall–Kier alpha value is -2.68. The van der Waals surface area contributed by atoms with Gasteiger partial charge in [0, 0.05) is 5.56 Å². The van der Waals surface area contributed by atoms with Crippen LogP contribution in [0.4, 0.5) is 0 Å². The van der Waals surface area contributed by atoms with Gasteiger partial charge in [-0.05, 0) is 24.1 Å². The molecule has 1 N–H and O–H groups in total. The molecule has 0 unspecified atom stereocenters. The average Bonchev–Trinajstić information content (AvgIpc) is 2.81. The minimum absolute atomic E-state index is 0.160. The summed E-state index contributed by atoms with van der Waals surface area (Å²) < 4.78 is 0. The van der Waals surface area contributed by atoms with Gasteiger partial charge in [0.15, 0.2) is 0 Å². The van der Waals surface area contributed by atoms with Gasteiger partial charge in [-0.3, -0.25) is 4.79 Å². The predicted molar refractivity (Wildman–Crippen MR) is 80.3 cm³/mol. The highest BCUT2D eigenvalue weighted by molar-refractivity contribution is 6.20. The summed E-state index contributed by atoms with van der Waals surface area (Å²) in [6.07, 6.45) is 1.79. The van der Waals surface area contributed by atoms with Crippen molar-refractivity contribution in [3.8, 4) is 0 Å². The molecule has 2 aromatic rings. The van der Waals surface area contributed by atoms with Gasteiger partial charge < -0.3 is 5.32 Å². The molecule has 0 fully saturated rings. The number of nitrogens with one attached hydrogen (secondary N) is 1. The van der Waals surface area contributed by atoms with Crippen molar-refractivity contribution in [3.05, 3.63) is 77.0 Å². The van der Waals surface area contributed by atoms with E-state index in [1.807, 2.05) is 61.5 Å². The summed E-state index contributed by atoms with van der Waals surface area (Å²) in [6.45, 7) is 2.00. The third kappa shape index (κ3) is 2.38. The van der Waals surface area contributed by atoms with Crippen LogP contribution in [0.2, 0.25) is 0 Å². The Bertz CT molecular complexity index is 715. The molecule has 3 rings (SSSR count). The van der Waals surface area contributed by atoms with Crippen LogP contribution in [0.15, 0.2) is 65.3 Å². The van der Waals surface area contributed by atoms with Crippen LogP contribution < -0.4 is 5.32 Å². The van der Waals surface area contributed by atoms with Crippen molar-refractivity contribution in [2.75, 3.05) is 0 Å². The molecule has 0 aliphatic carbocycles. The van der Waals surface area contributed by atoms with E-state index < -0.39 is 0 Å². The zero-order valence-electron chi connectivity index (χ0n) is 11.1. The van der Waals surface area contributed by atoms with Gasteiger partial charge in [0.05, 0.1) is 0 Å². The molecule has 3 heteroatoms. The topological polar surface area (TPSA) is 41.5 Å². The average molecular weight is 262 g/mol. The Morgan fingerprint density at radius 2 is 1.70 bits per heavy atom. The second-order valence-electron chi connectivity index (χ2n) is 4.67. The van der Waals surface area contributed by atoms with Gasteiger partial charge in [0.2, 0.25) is 0 Å². The Labute approximate surface area is 117 Å². The molecule has 1 heterocycles. The van der Waals surface area contributed by atoms with Crippen LogP contribution >= 0.6 is 0 Å². The lowest BCUT2D eigenvalue weighted by atomic mass is 10.1. The minimum Gasteiger partial charge on any atom is -0.305 e. The van der Waals surface area contributed by atoms with Crippen LogP contribution in [-0.4, -0.2) is 11.7 Å². The van der Waals surface area contributed by atoms with E-state index >= 15 is 0 Å². The molecule has 1 aliphatic rings. The zero-order valence-corrected chi connectivity index (χ0v) is 11.1. The van der Waals surface area contributed by atoms with Crippen molar-refractivity contribution >= 4 is 17.8 Å². The lowest BCUT2D eigenvalue weighted by Gasteiger charge is -2.03. The predicted octanol–water partition coefficient (Wildman–Crippen LogP) is 2.91. The number of amides is 1. The molecule has 0 radical (unpaired) electrons. The van der Waals surface area contributed by atoms with Crippen molar-refractivity contribution in [1.82, 2.24) is 5.32 Å². The second kappa shape index (κ2) is 5.13. The molecule has 0 saturated carbocycles. The lowest BCUT2D eigenvalue weighted by molar-refractivity contribution is -0.115. The Morgan fingerprint density at radius 3 is 2.45 bits per heavy atom. The van der Waals surface area contributed by atoms with E-state index in [1.54, 1.807) is 6.08 Å². The van der Waals surface area contributed by atoms with Crippen molar-refractivity contribution in [2.45, 2.75) is 6.92 Å². The van der Waals surface area contributed by atoms with Crippen LogP contribution in [-0.2, 0) is 4.79 Å². The molecule has 2 aromatic carbocycles. The standard InChI is InChI=1S/C17H14N2O/c1-12-7-5-6-10-14(12)16-18-15(17(20)19-16)11-13-8-3-2-4-9-13/h2-11H,1H3,(H,18,19,20)/b15-11+. The summed E-state index contributed by atoms with van der Waals surface area (Å²) in [6, 6.07) is 17.6. The maximum Gasteiger partial charge on any atom is 0.275 e. The first kappa shape index (κ1) is 12.4.